The Hall–Kier alpha value is -1.83. The van der Waals surface area contributed by atoms with Crippen molar-refractivity contribution in [2.45, 2.75) is 0 Å². The third kappa shape index (κ3) is 2.20. The van der Waals surface area contributed by atoms with Crippen LogP contribution in [0.2, 0.25) is 10.0 Å². The van der Waals surface area contributed by atoms with E-state index in [-0.39, 0.29) is 0 Å². The lowest BCUT2D eigenvalue weighted by Gasteiger charge is -2.10. The summed E-state index contributed by atoms with van der Waals surface area (Å²) in [4.78, 5) is 11.5. The molecule has 0 aliphatic heterocycles. The van der Waals surface area contributed by atoms with E-state index in [4.69, 9.17) is 23.2 Å². The van der Waals surface area contributed by atoms with E-state index < -0.39 is 0 Å². The third-order valence-electron chi connectivity index (χ3n) is 3.31. The van der Waals surface area contributed by atoms with Crippen molar-refractivity contribution in [3.05, 3.63) is 70.2 Å². The SMILES string of the molecule is O=Cc1c(-c2ccccc2Cl)ccc2cc(Cl)ccc12. The van der Waals surface area contributed by atoms with Gasteiger partial charge in [0.15, 0.2) is 6.29 Å². The van der Waals surface area contributed by atoms with Gasteiger partial charge in [-0.05, 0) is 34.5 Å². The lowest BCUT2D eigenvalue weighted by Crippen LogP contribution is -1.91. The number of hydrogen-bond donors (Lipinski definition) is 0. The highest BCUT2D eigenvalue weighted by molar-refractivity contribution is 6.33. The van der Waals surface area contributed by atoms with Gasteiger partial charge in [0.05, 0.1) is 0 Å². The van der Waals surface area contributed by atoms with E-state index in [1.807, 2.05) is 48.5 Å². The van der Waals surface area contributed by atoms with E-state index in [0.717, 1.165) is 28.2 Å². The smallest absolute Gasteiger partial charge is 0.151 e. The van der Waals surface area contributed by atoms with Gasteiger partial charge in [-0.2, -0.15) is 0 Å². The van der Waals surface area contributed by atoms with E-state index in [9.17, 15) is 4.79 Å². The molecule has 0 fully saturated rings. The van der Waals surface area contributed by atoms with E-state index in [1.165, 1.54) is 0 Å². The predicted octanol–water partition coefficient (Wildman–Crippen LogP) is 5.63. The van der Waals surface area contributed by atoms with Gasteiger partial charge in [-0.15, -0.1) is 0 Å². The first-order valence-electron chi connectivity index (χ1n) is 6.13. The largest absolute Gasteiger partial charge is 0.298 e. The Morgan fingerprint density at radius 2 is 1.65 bits per heavy atom. The Bertz CT molecular complexity index is 809. The minimum Gasteiger partial charge on any atom is -0.298 e. The topological polar surface area (TPSA) is 17.1 Å². The van der Waals surface area contributed by atoms with Gasteiger partial charge in [0.1, 0.15) is 0 Å². The summed E-state index contributed by atoms with van der Waals surface area (Å²) in [5.41, 5.74) is 2.32. The standard InChI is InChI=1S/C17H10Cl2O/c18-12-6-8-13-11(9-12)5-7-14(16(13)10-20)15-3-1-2-4-17(15)19/h1-10H. The fourth-order valence-electron chi connectivity index (χ4n) is 2.37. The van der Waals surface area contributed by atoms with Crippen LogP contribution in [0, 0.1) is 0 Å². The van der Waals surface area contributed by atoms with Crippen LogP contribution in [0.15, 0.2) is 54.6 Å². The summed E-state index contributed by atoms with van der Waals surface area (Å²) in [5, 5.41) is 3.10. The number of fused-ring (bicyclic) bond motifs is 1. The first-order chi connectivity index (χ1) is 9.70. The Balaban J connectivity index is 2.35. The van der Waals surface area contributed by atoms with Crippen molar-refractivity contribution in [1.29, 1.82) is 0 Å². The first kappa shape index (κ1) is 13.2. The summed E-state index contributed by atoms with van der Waals surface area (Å²) in [7, 11) is 0. The van der Waals surface area contributed by atoms with Crippen LogP contribution >= 0.6 is 23.2 Å². The van der Waals surface area contributed by atoms with Crippen LogP contribution in [-0.4, -0.2) is 6.29 Å². The number of hydrogen-bond acceptors (Lipinski definition) is 1. The van der Waals surface area contributed by atoms with Crippen molar-refractivity contribution in [2.24, 2.45) is 0 Å². The van der Waals surface area contributed by atoms with Gasteiger partial charge in [0, 0.05) is 21.2 Å². The van der Waals surface area contributed by atoms with Gasteiger partial charge in [0.25, 0.3) is 0 Å². The summed E-state index contributed by atoms with van der Waals surface area (Å²) < 4.78 is 0. The molecule has 0 saturated carbocycles. The zero-order chi connectivity index (χ0) is 14.1. The van der Waals surface area contributed by atoms with E-state index >= 15 is 0 Å². The molecule has 0 atom stereocenters. The Morgan fingerprint density at radius 3 is 2.40 bits per heavy atom. The molecule has 0 N–H and O–H groups in total. The molecule has 0 aliphatic carbocycles. The van der Waals surface area contributed by atoms with Gasteiger partial charge >= 0.3 is 0 Å². The highest BCUT2D eigenvalue weighted by atomic mass is 35.5. The molecule has 0 radical (unpaired) electrons. The van der Waals surface area contributed by atoms with Crippen molar-refractivity contribution >= 4 is 40.3 Å². The van der Waals surface area contributed by atoms with E-state index in [0.29, 0.717) is 15.6 Å². The highest BCUT2D eigenvalue weighted by Crippen LogP contribution is 2.34. The van der Waals surface area contributed by atoms with Crippen molar-refractivity contribution in [2.75, 3.05) is 0 Å². The van der Waals surface area contributed by atoms with E-state index in [2.05, 4.69) is 0 Å². The van der Waals surface area contributed by atoms with Gasteiger partial charge in [-0.3, -0.25) is 4.79 Å². The number of carbonyl (C=O) groups excluding carboxylic acids is 1. The lowest BCUT2D eigenvalue weighted by atomic mass is 9.95. The number of benzene rings is 3. The maximum Gasteiger partial charge on any atom is 0.151 e. The van der Waals surface area contributed by atoms with Gasteiger partial charge in [-0.1, -0.05) is 59.6 Å². The molecular formula is C17H10Cl2O. The quantitative estimate of drug-likeness (QED) is 0.561. The molecule has 0 aromatic heterocycles. The van der Waals surface area contributed by atoms with Crippen molar-refractivity contribution in [3.8, 4) is 11.1 Å². The number of halogens is 2. The Labute approximate surface area is 126 Å². The fourth-order valence-corrected chi connectivity index (χ4v) is 2.78. The molecule has 20 heavy (non-hydrogen) atoms. The second-order valence-electron chi connectivity index (χ2n) is 4.49. The second kappa shape index (κ2) is 5.28. The zero-order valence-electron chi connectivity index (χ0n) is 10.4. The molecule has 1 nitrogen and oxygen atoms in total. The normalized spacial score (nSPS) is 10.7. The molecule has 0 spiro atoms. The summed E-state index contributed by atoms with van der Waals surface area (Å²) in [5.74, 6) is 0. The van der Waals surface area contributed by atoms with Crippen LogP contribution in [0.25, 0.3) is 21.9 Å². The fraction of sp³-hybridized carbons (Fsp3) is 0. The van der Waals surface area contributed by atoms with Crippen LogP contribution in [0.1, 0.15) is 10.4 Å². The summed E-state index contributed by atoms with van der Waals surface area (Å²) in [6.45, 7) is 0. The monoisotopic (exact) mass is 300 g/mol. The lowest BCUT2D eigenvalue weighted by molar-refractivity contribution is 0.112. The van der Waals surface area contributed by atoms with Crippen molar-refractivity contribution in [1.82, 2.24) is 0 Å². The zero-order valence-corrected chi connectivity index (χ0v) is 11.9. The summed E-state index contributed by atoms with van der Waals surface area (Å²) in [6, 6.07) is 16.9. The minimum atomic E-state index is 0.629. The Morgan fingerprint density at radius 1 is 0.850 bits per heavy atom. The predicted molar refractivity (Wildman–Crippen MR) is 84.8 cm³/mol. The molecule has 3 heteroatoms. The molecule has 0 bridgehead atoms. The van der Waals surface area contributed by atoms with Crippen LogP contribution in [0.3, 0.4) is 0 Å². The van der Waals surface area contributed by atoms with Crippen molar-refractivity contribution in [3.63, 3.8) is 0 Å². The molecule has 0 heterocycles. The molecular weight excluding hydrogens is 291 g/mol. The van der Waals surface area contributed by atoms with Gasteiger partial charge in [-0.25, -0.2) is 0 Å². The third-order valence-corrected chi connectivity index (χ3v) is 3.87. The molecule has 3 aromatic carbocycles. The highest BCUT2D eigenvalue weighted by Gasteiger charge is 2.11. The van der Waals surface area contributed by atoms with Crippen molar-refractivity contribution < 1.29 is 4.79 Å². The number of carbonyl (C=O) groups is 1. The van der Waals surface area contributed by atoms with Crippen LogP contribution in [0.4, 0.5) is 0 Å². The van der Waals surface area contributed by atoms with Gasteiger partial charge in [0.2, 0.25) is 0 Å². The number of aldehydes is 1. The molecule has 98 valence electrons. The minimum absolute atomic E-state index is 0.629. The maximum absolute atomic E-state index is 11.5. The van der Waals surface area contributed by atoms with E-state index in [1.54, 1.807) is 6.07 Å². The maximum atomic E-state index is 11.5. The average molecular weight is 301 g/mol. The molecule has 0 aliphatic rings. The van der Waals surface area contributed by atoms with Crippen LogP contribution < -0.4 is 0 Å². The molecule has 3 aromatic rings. The summed E-state index contributed by atoms with van der Waals surface area (Å²) in [6.07, 6.45) is 0.870. The Kier molecular flexibility index (Phi) is 3.47. The first-order valence-corrected chi connectivity index (χ1v) is 6.88. The second-order valence-corrected chi connectivity index (χ2v) is 5.33. The average Bonchev–Trinajstić information content (AvgIpc) is 2.46. The van der Waals surface area contributed by atoms with Crippen LogP contribution in [0.5, 0.6) is 0 Å². The number of rotatable bonds is 2. The molecule has 0 amide bonds. The van der Waals surface area contributed by atoms with Gasteiger partial charge < -0.3 is 0 Å². The molecule has 0 saturated heterocycles. The molecule has 0 unspecified atom stereocenters. The summed E-state index contributed by atoms with van der Waals surface area (Å²) >= 11 is 12.2. The van der Waals surface area contributed by atoms with Crippen LogP contribution in [-0.2, 0) is 0 Å². The molecule has 3 rings (SSSR count).